The summed E-state index contributed by atoms with van der Waals surface area (Å²) in [6, 6.07) is 4.91. The Morgan fingerprint density at radius 2 is 1.80 bits per heavy atom. The molecule has 0 aliphatic heterocycles. The molecule has 0 atom stereocenters. The summed E-state index contributed by atoms with van der Waals surface area (Å²) in [5.41, 5.74) is 0.278. The summed E-state index contributed by atoms with van der Waals surface area (Å²) in [4.78, 5) is 11.8. The second kappa shape index (κ2) is 4.47. The Hall–Kier alpha value is 1.21. The van der Waals surface area contributed by atoms with Crippen LogP contribution >= 0.6 is 62.0 Å². The molecule has 15 heavy (non-hydrogen) atoms. The van der Waals surface area contributed by atoms with Crippen molar-refractivity contribution in [2.45, 2.75) is 0 Å². The second-order valence-corrected chi connectivity index (χ2v) is 17.4. The first-order valence-electron chi connectivity index (χ1n) is 3.47. The molecule has 0 spiro atoms. The van der Waals surface area contributed by atoms with Crippen LogP contribution < -0.4 is 4.72 Å². The summed E-state index contributed by atoms with van der Waals surface area (Å²) >= 11 is 6.46. The van der Waals surface area contributed by atoms with E-state index in [1.165, 1.54) is 0 Å². The molecule has 0 amide bonds. The summed E-state index contributed by atoms with van der Waals surface area (Å²) in [5.74, 6) is 0. The van der Waals surface area contributed by atoms with Crippen LogP contribution in [-0.2, 0) is 9.46 Å². The first kappa shape index (κ1) is 14.3. The Kier molecular flexibility index (Phi) is 4.26. The zero-order chi connectivity index (χ0) is 11.9. The maximum absolute atomic E-state index is 11.8. The van der Waals surface area contributed by atoms with Crippen LogP contribution in [0.2, 0.25) is 0 Å². The molecule has 1 aromatic carbocycles. The second-order valence-electron chi connectivity index (χ2n) is 2.70. The molecule has 0 saturated heterocycles. The third-order valence-corrected chi connectivity index (χ3v) is 5.69. The molecule has 0 radical (unpaired) electrons. The predicted molar refractivity (Wildman–Crippen MR) is 67.9 cm³/mol. The number of carbonyl (C=O) groups excluding carboxylic acids is 1. The Balaban J connectivity index is 3.25. The molecule has 0 fully saturated rings. The monoisotopic (exact) mass is 434 g/mol. The van der Waals surface area contributed by atoms with Crippen molar-refractivity contribution >= 4 is 66.7 Å². The van der Waals surface area contributed by atoms with E-state index in [-0.39, 0.29) is 5.56 Å². The Morgan fingerprint density at radius 3 is 2.20 bits per heavy atom. The van der Waals surface area contributed by atoms with Gasteiger partial charge in [-0.3, -0.25) is 0 Å². The van der Waals surface area contributed by atoms with Crippen LogP contribution in [-0.4, -0.2) is 4.65 Å². The first-order chi connectivity index (χ1) is 6.58. The van der Waals surface area contributed by atoms with Crippen LogP contribution in [0.5, 0.6) is 0 Å². The van der Waals surface area contributed by atoms with Gasteiger partial charge >= 0.3 is 118 Å². The first-order valence-corrected chi connectivity index (χ1v) is 11.7. The number of halogens is 5. The molecular weight excluding hydrogens is 432 g/mol. The summed E-state index contributed by atoms with van der Waals surface area (Å²) in [6.07, 6.45) is 0. The van der Waals surface area contributed by atoms with Gasteiger partial charge < -0.3 is 0 Å². The van der Waals surface area contributed by atoms with E-state index in [9.17, 15) is 4.79 Å². The molecule has 0 aliphatic carbocycles. The van der Waals surface area contributed by atoms with E-state index in [1.807, 2.05) is 0 Å². The molecule has 0 aromatic heterocycles. The average Bonchev–Trinajstić information content (AvgIpc) is 2.00. The fraction of sp³-hybridized carbons (Fsp3) is 0. The van der Waals surface area contributed by atoms with Crippen LogP contribution in [0.4, 0.5) is 0 Å². The normalized spacial score (nSPS) is 14.4. The third kappa shape index (κ3) is 3.87. The maximum atomic E-state index is 11.8. The van der Waals surface area contributed by atoms with Gasteiger partial charge in [0.05, 0.1) is 0 Å². The van der Waals surface area contributed by atoms with Gasteiger partial charge in [-0.25, -0.2) is 0 Å². The van der Waals surface area contributed by atoms with Crippen LogP contribution in [0, 0.1) is 0 Å². The predicted octanol–water partition coefficient (Wildman–Crippen LogP) is 4.38. The minimum atomic E-state index is -4.68. The summed E-state index contributed by atoms with van der Waals surface area (Å²) < 4.78 is 6.17. The molecule has 0 unspecified atom stereocenters. The quantitative estimate of drug-likeness (QED) is 0.747. The molecule has 2 nitrogen and oxygen atoms in total. The van der Waals surface area contributed by atoms with E-state index >= 15 is 0 Å². The standard InChI is InChI=1S/C7H3Br2O.3ClH.Cr.H2N/c8-6-2-1-5(4-10)7(9)3-6;;;;;/h1-3H;3*1H;;1H2/q;;;;+4;-1/p-3. The van der Waals surface area contributed by atoms with E-state index in [1.54, 1.807) is 18.2 Å². The van der Waals surface area contributed by atoms with Crippen molar-refractivity contribution in [3.05, 3.63) is 32.7 Å². The van der Waals surface area contributed by atoms with E-state index in [0.29, 0.717) is 4.47 Å². The zero-order valence-electron chi connectivity index (χ0n) is 7.02. The van der Waals surface area contributed by atoms with Gasteiger partial charge in [-0.1, -0.05) is 0 Å². The molecule has 1 rings (SSSR count). The fourth-order valence-electron chi connectivity index (χ4n) is 0.843. The topological polar surface area (TPSA) is 43.1 Å². The fourth-order valence-corrected chi connectivity index (χ4v) is 4.18. The average molecular weight is 437 g/mol. The van der Waals surface area contributed by atoms with Gasteiger partial charge in [0.15, 0.2) is 0 Å². The summed E-state index contributed by atoms with van der Waals surface area (Å²) in [6.45, 7) is 0. The number of hydrogen-bond acceptors (Lipinski definition) is 2. The van der Waals surface area contributed by atoms with Crippen LogP contribution in [0.25, 0.3) is 0 Å². The molecule has 8 heteroatoms. The molecule has 85 valence electrons. The van der Waals surface area contributed by atoms with Crippen molar-refractivity contribution in [3.8, 4) is 0 Å². The molecule has 0 bridgehead atoms. The Morgan fingerprint density at radius 1 is 1.27 bits per heavy atom. The van der Waals surface area contributed by atoms with Crippen molar-refractivity contribution in [1.82, 2.24) is 0 Å². The number of carbonyl (C=O) groups is 1. The number of benzene rings is 1. The zero-order valence-corrected chi connectivity index (χ0v) is 13.7. The minimum absolute atomic E-state index is 0.278. The van der Waals surface area contributed by atoms with Crippen molar-refractivity contribution in [2.75, 3.05) is 0 Å². The number of hydrogen-bond donors (Lipinski definition) is 1. The van der Waals surface area contributed by atoms with E-state index in [0.717, 1.165) is 4.47 Å². The summed E-state index contributed by atoms with van der Waals surface area (Å²) in [5, 5.41) is 0. The van der Waals surface area contributed by atoms with Crippen molar-refractivity contribution in [1.29, 1.82) is 0 Å². The van der Waals surface area contributed by atoms with Gasteiger partial charge in [-0.2, -0.15) is 0 Å². The van der Waals surface area contributed by atoms with E-state index < -0.39 is 14.1 Å². The van der Waals surface area contributed by atoms with Crippen molar-refractivity contribution in [3.63, 3.8) is 0 Å². The molecule has 0 heterocycles. The van der Waals surface area contributed by atoms with Gasteiger partial charge in [-0.05, 0) is 0 Å². The summed E-state index contributed by atoms with van der Waals surface area (Å²) in [7, 11) is 12.4. The Labute approximate surface area is 117 Å². The van der Waals surface area contributed by atoms with Crippen molar-refractivity contribution in [2.24, 2.45) is 4.72 Å². The van der Waals surface area contributed by atoms with Crippen LogP contribution in [0.1, 0.15) is 10.4 Å². The van der Waals surface area contributed by atoms with Gasteiger partial charge in [0.25, 0.3) is 0 Å². The molecule has 2 N–H and O–H groups in total. The van der Waals surface area contributed by atoms with E-state index in [2.05, 4.69) is 31.9 Å². The van der Waals surface area contributed by atoms with Gasteiger partial charge in [0.2, 0.25) is 0 Å². The number of rotatable bonds is 2. The SMILES string of the molecule is [NH2][Cr]([Cl])([Cl])([Cl])[C](=O)c1ccc(Br)cc1Br. The van der Waals surface area contributed by atoms with E-state index in [4.69, 9.17) is 34.9 Å². The molecule has 0 aliphatic rings. The Bertz CT molecular complexity index is 423. The molecular formula is C7H5Br2Cl3CrNO. The third-order valence-electron chi connectivity index (χ3n) is 1.47. The van der Waals surface area contributed by atoms with Crippen molar-refractivity contribution < 1.29 is 14.3 Å². The van der Waals surface area contributed by atoms with Crippen LogP contribution in [0.15, 0.2) is 27.1 Å². The molecule has 1 aromatic rings. The van der Waals surface area contributed by atoms with Gasteiger partial charge in [0, 0.05) is 0 Å². The van der Waals surface area contributed by atoms with Gasteiger partial charge in [0.1, 0.15) is 0 Å². The molecule has 0 saturated carbocycles. The van der Waals surface area contributed by atoms with Gasteiger partial charge in [-0.15, -0.1) is 0 Å². The van der Waals surface area contributed by atoms with Crippen LogP contribution in [0.3, 0.4) is 0 Å². The number of nitrogens with two attached hydrogens (primary N) is 1.